The van der Waals surface area contributed by atoms with E-state index in [1.165, 1.54) is 0 Å². The molecule has 0 fully saturated rings. The number of esters is 6. The normalized spacial score (nSPS) is 12.8. The Balaban J connectivity index is -0.00000158. The summed E-state index contributed by atoms with van der Waals surface area (Å²) in [7, 11) is 0. The highest BCUT2D eigenvalue weighted by Crippen LogP contribution is 2.09. The summed E-state index contributed by atoms with van der Waals surface area (Å²) in [5.41, 5.74) is 0. The van der Waals surface area contributed by atoms with Gasteiger partial charge in [0.05, 0.1) is 77.8 Å². The van der Waals surface area contributed by atoms with Crippen LogP contribution in [0.3, 0.4) is 0 Å². The van der Waals surface area contributed by atoms with E-state index in [0.29, 0.717) is 39.3 Å². The molecule has 0 spiro atoms. The van der Waals surface area contributed by atoms with Gasteiger partial charge in [-0.2, -0.15) is 0 Å². The Hall–Kier alpha value is -9.36. The summed E-state index contributed by atoms with van der Waals surface area (Å²) in [6.45, 7) is 38.6. The van der Waals surface area contributed by atoms with Crippen molar-refractivity contribution >= 4 is 72.4 Å². The zero-order valence-electron chi connectivity index (χ0n) is 66.5. The first-order valence-electron chi connectivity index (χ1n) is 37.3. The van der Waals surface area contributed by atoms with E-state index in [1.807, 2.05) is 41.5 Å². The molecule has 9 unspecified atom stereocenters. The summed E-state index contributed by atoms with van der Waals surface area (Å²) in [5.74, 6) is -4.01. The minimum Gasteiger partial charge on any atom is -0.458 e. The Morgan fingerprint density at radius 3 is 0.649 bits per heavy atom. The van der Waals surface area contributed by atoms with Gasteiger partial charge in [0.2, 0.25) is 0 Å². The maximum absolute atomic E-state index is 12.0. The molecule has 111 heavy (non-hydrogen) atoms. The van der Waals surface area contributed by atoms with Gasteiger partial charge in [-0.25, -0.2) is 57.5 Å². The Bertz CT molecular complexity index is 2650. The summed E-state index contributed by atoms with van der Waals surface area (Å²) in [6.07, 6.45) is 6.06. The van der Waals surface area contributed by atoms with Gasteiger partial charge in [-0.05, 0) is 59.3 Å². The van der Waals surface area contributed by atoms with Crippen LogP contribution in [0.5, 0.6) is 0 Å². The number of ether oxygens (including phenoxy) is 18. The van der Waals surface area contributed by atoms with Crippen molar-refractivity contribution in [2.24, 2.45) is 0 Å². The molecule has 6 N–H and O–H groups in total. The van der Waals surface area contributed by atoms with Gasteiger partial charge in [0, 0.05) is 75.7 Å². The third-order valence-corrected chi connectivity index (χ3v) is 13.6. The summed E-state index contributed by atoms with van der Waals surface area (Å²) in [5, 5.41) is 15.6. The quantitative estimate of drug-likeness (QED) is 0.0145. The van der Waals surface area contributed by atoms with Crippen molar-refractivity contribution in [2.45, 2.75) is 194 Å². The fourth-order valence-corrected chi connectivity index (χ4v) is 7.53. The van der Waals surface area contributed by atoms with Crippen LogP contribution in [0.4, 0.5) is 28.8 Å². The zero-order valence-corrected chi connectivity index (χ0v) is 66.5. The van der Waals surface area contributed by atoms with Gasteiger partial charge in [0.1, 0.15) is 39.6 Å². The Morgan fingerprint density at radius 1 is 0.243 bits per heavy atom. The predicted molar refractivity (Wildman–Crippen MR) is 405 cm³/mol. The van der Waals surface area contributed by atoms with E-state index in [4.69, 9.17) is 85.3 Å². The van der Waals surface area contributed by atoms with Crippen molar-refractivity contribution in [1.82, 2.24) is 31.9 Å². The average molecular weight is 1590 g/mol. The second-order valence-corrected chi connectivity index (χ2v) is 23.9. The first kappa shape index (κ1) is 106. The lowest BCUT2D eigenvalue weighted by molar-refractivity contribution is -0.154. The number of unbranched alkanes of at least 4 members (excludes halogenated alkanes) is 6. The third kappa shape index (κ3) is 68.4. The van der Waals surface area contributed by atoms with E-state index in [0.717, 1.165) is 114 Å². The molecule has 0 rings (SSSR count). The number of hydrogen-bond donors (Lipinski definition) is 6. The molecule has 36 heteroatoms. The molecule has 0 aliphatic rings. The van der Waals surface area contributed by atoms with Crippen LogP contribution in [-0.2, 0) is 114 Å². The molecule has 0 bridgehead atoms. The molecule has 0 aliphatic carbocycles. The van der Waals surface area contributed by atoms with Gasteiger partial charge in [0.15, 0.2) is 36.6 Å². The van der Waals surface area contributed by atoms with E-state index >= 15 is 0 Å². The monoisotopic (exact) mass is 1590 g/mol. The lowest BCUT2D eigenvalue weighted by Gasteiger charge is -2.22. The largest absolute Gasteiger partial charge is 0.458 e. The van der Waals surface area contributed by atoms with Crippen LogP contribution in [0.15, 0.2) is 75.9 Å². The fourth-order valence-electron chi connectivity index (χ4n) is 7.53. The molecular formula is C75H126N6O30. The Morgan fingerprint density at radius 2 is 0.432 bits per heavy atom. The zero-order chi connectivity index (χ0) is 83.7. The molecule has 36 nitrogen and oxygen atoms in total. The first-order chi connectivity index (χ1) is 53.2. The van der Waals surface area contributed by atoms with Crippen molar-refractivity contribution < 1.29 is 143 Å². The second-order valence-electron chi connectivity index (χ2n) is 23.9. The summed E-state index contributed by atoms with van der Waals surface area (Å²) >= 11 is 0. The number of carbonyl (C=O) groups excluding carboxylic acids is 12. The molecule has 0 radical (unpaired) electrons. The van der Waals surface area contributed by atoms with Crippen molar-refractivity contribution in [1.29, 1.82) is 0 Å². The molecule has 636 valence electrons. The smallest absolute Gasteiger partial charge is 0.407 e. The number of hydrogen-bond acceptors (Lipinski definition) is 30. The number of rotatable bonds is 63. The van der Waals surface area contributed by atoms with Crippen molar-refractivity contribution in [2.75, 3.05) is 138 Å². The minimum atomic E-state index is -0.856. The Labute approximate surface area is 653 Å². The van der Waals surface area contributed by atoms with Crippen LogP contribution in [0.1, 0.15) is 139 Å². The number of nitrogens with one attached hydrogen (secondary N) is 6. The topological polar surface area (TPSA) is 443 Å². The molecular weight excluding hydrogens is 1460 g/mol. The van der Waals surface area contributed by atoms with Crippen LogP contribution in [-0.4, -0.2) is 266 Å². The molecule has 6 amide bonds. The Kier molecular flexibility index (Phi) is 70.0. The first-order valence-corrected chi connectivity index (χ1v) is 37.3. The molecule has 0 saturated carbocycles. The van der Waals surface area contributed by atoms with E-state index in [2.05, 4.69) is 71.4 Å². The lowest BCUT2D eigenvalue weighted by Crippen LogP contribution is -2.37. The molecule has 0 heterocycles. The summed E-state index contributed by atoms with van der Waals surface area (Å²) < 4.78 is 95.2. The van der Waals surface area contributed by atoms with E-state index < -0.39 is 127 Å². The van der Waals surface area contributed by atoms with Crippen LogP contribution in [0.2, 0.25) is 0 Å². The van der Waals surface area contributed by atoms with E-state index in [1.54, 1.807) is 20.8 Å². The number of carbonyl (C=O) groups is 12. The van der Waals surface area contributed by atoms with Crippen molar-refractivity contribution in [3.05, 3.63) is 75.9 Å². The van der Waals surface area contributed by atoms with Gasteiger partial charge < -0.3 is 117 Å². The molecule has 0 aromatic rings. The predicted octanol–water partition coefficient (Wildman–Crippen LogP) is 7.97. The van der Waals surface area contributed by atoms with Crippen LogP contribution in [0, 0.1) is 0 Å². The maximum Gasteiger partial charge on any atom is 0.407 e. The number of alkyl carbamates (subject to hydrolysis) is 6. The molecule has 0 saturated heterocycles. The molecule has 0 aromatic heterocycles. The molecule has 9 atom stereocenters. The highest BCUT2D eigenvalue weighted by atomic mass is 16.7. The SMILES string of the molecule is C=CC(=O)OC(COCC(C)OCC(COC(=O)NCCCC)OC(=O)C=C)COC(=O)NCCCC.C=CC(=O)OCC(COC(C)COCC(COC(=O)NCCCC)OC(=O)C=C)OC(=O)NCCCC.C=CC(=O)OCC(COCC(C)OCC(COC(=O)C=C)OC(=O)NCCCC)OC(=O)NCCCC. The van der Waals surface area contributed by atoms with E-state index in [-0.39, 0.29) is 99.1 Å². The number of amides is 6. The fraction of sp³-hybridized carbons (Fsp3) is 0.680. The van der Waals surface area contributed by atoms with Gasteiger partial charge >= 0.3 is 72.4 Å². The molecule has 0 aliphatic heterocycles. The molecule has 0 aromatic carbocycles. The van der Waals surface area contributed by atoms with Gasteiger partial charge in [-0.15, -0.1) is 0 Å². The highest BCUT2D eigenvalue weighted by molar-refractivity contribution is 5.83. The van der Waals surface area contributed by atoms with Crippen molar-refractivity contribution in [3.8, 4) is 0 Å². The highest BCUT2D eigenvalue weighted by Gasteiger charge is 2.25. The third-order valence-electron chi connectivity index (χ3n) is 13.6. The van der Waals surface area contributed by atoms with Gasteiger partial charge in [-0.1, -0.05) is 120 Å². The minimum absolute atomic E-state index is 0.0595. The van der Waals surface area contributed by atoms with Crippen LogP contribution < -0.4 is 31.9 Å². The standard InChI is InChI=1S/3C25H42N2O10/c1-6-10-12-26-24(30)35-18-20(36-23(29)9-4)15-32-14-19(5)33-16-21(17-34-22(28)8-3)37-25(31)27-13-11-7-2;1-6-10-12-26-24(30)34-17-20(36-22(28)8-3)15-32-14-19(5)33-16-21(37-23(29)9-4)18-35-25(31)27-13-11-7-2;1-6-10-12-26-24(30)36-20(17-34-22(28)8-3)15-32-14-19(5)33-16-21(18-35-23(29)9-4)37-25(31)27-13-11-7-2/h3*8-9,19-21H,3-4,6-7,10-18H2,1-2,5H3,(H,26,30)(H,27,31). The average Bonchev–Trinajstić information content (AvgIpc) is 0.957. The summed E-state index contributed by atoms with van der Waals surface area (Å²) in [6, 6.07) is 0. The summed E-state index contributed by atoms with van der Waals surface area (Å²) in [4.78, 5) is 140. The van der Waals surface area contributed by atoms with Crippen molar-refractivity contribution in [3.63, 3.8) is 0 Å². The van der Waals surface area contributed by atoms with Crippen LogP contribution in [0.25, 0.3) is 0 Å². The van der Waals surface area contributed by atoms with Gasteiger partial charge in [-0.3, -0.25) is 0 Å². The van der Waals surface area contributed by atoms with Gasteiger partial charge in [0.25, 0.3) is 0 Å². The van der Waals surface area contributed by atoms with Crippen LogP contribution >= 0.6 is 0 Å². The second kappa shape index (κ2) is 73.4. The lowest BCUT2D eigenvalue weighted by atomic mass is 10.3. The maximum atomic E-state index is 12.0. The van der Waals surface area contributed by atoms with E-state index in [9.17, 15) is 57.5 Å².